The van der Waals surface area contributed by atoms with Gasteiger partial charge in [0.15, 0.2) is 0 Å². The summed E-state index contributed by atoms with van der Waals surface area (Å²) in [5, 5.41) is 2.43. The fraction of sp³-hybridized carbons (Fsp3) is 0.500. The Morgan fingerprint density at radius 2 is 1.83 bits per heavy atom. The fourth-order valence-corrected chi connectivity index (χ4v) is 2.48. The van der Waals surface area contributed by atoms with Crippen molar-refractivity contribution in [3.05, 3.63) is 29.8 Å². The molecule has 1 fully saturated rings. The number of hydrogen-bond acceptors (Lipinski definition) is 3. The summed E-state index contributed by atoms with van der Waals surface area (Å²) in [4.78, 5) is 27.5. The molecule has 1 aromatic carbocycles. The van der Waals surface area contributed by atoms with Gasteiger partial charge >= 0.3 is 0 Å². The topological polar surface area (TPSA) is 52.7 Å². The molecule has 23 heavy (non-hydrogen) atoms. The van der Waals surface area contributed by atoms with Gasteiger partial charge in [0.05, 0.1) is 12.2 Å². The summed E-state index contributed by atoms with van der Waals surface area (Å²) in [6.45, 7) is 6.18. The van der Waals surface area contributed by atoms with E-state index in [9.17, 15) is 18.4 Å². The molecular formula is C16H21F2N3O2. The van der Waals surface area contributed by atoms with Gasteiger partial charge in [0.25, 0.3) is 0 Å². The Morgan fingerprint density at radius 1 is 1.17 bits per heavy atom. The van der Waals surface area contributed by atoms with E-state index in [2.05, 4.69) is 5.32 Å². The first-order chi connectivity index (χ1) is 10.9. The largest absolute Gasteiger partial charge is 0.340 e. The number of benzene rings is 1. The summed E-state index contributed by atoms with van der Waals surface area (Å²) >= 11 is 0. The maximum atomic E-state index is 13.5. The molecule has 2 rings (SSSR count). The number of nitrogens with one attached hydrogen (secondary N) is 1. The van der Waals surface area contributed by atoms with E-state index >= 15 is 0 Å². The van der Waals surface area contributed by atoms with Crippen molar-refractivity contribution < 1.29 is 18.4 Å². The number of amides is 2. The fourth-order valence-electron chi connectivity index (χ4n) is 2.48. The van der Waals surface area contributed by atoms with E-state index in [1.165, 1.54) is 6.07 Å². The molecule has 0 spiro atoms. The third-order valence-electron chi connectivity index (χ3n) is 3.75. The van der Waals surface area contributed by atoms with Crippen molar-refractivity contribution in [3.63, 3.8) is 0 Å². The number of hydrogen-bond donors (Lipinski definition) is 1. The second-order valence-electron chi connectivity index (χ2n) is 5.93. The van der Waals surface area contributed by atoms with Crippen LogP contribution in [0.2, 0.25) is 0 Å². The van der Waals surface area contributed by atoms with Crippen LogP contribution in [-0.2, 0) is 9.59 Å². The van der Waals surface area contributed by atoms with E-state index in [1.807, 2.05) is 18.7 Å². The van der Waals surface area contributed by atoms with Crippen molar-refractivity contribution in [1.29, 1.82) is 0 Å². The molecule has 1 aliphatic heterocycles. The number of carbonyl (C=O) groups is 2. The van der Waals surface area contributed by atoms with Gasteiger partial charge < -0.3 is 10.2 Å². The zero-order valence-corrected chi connectivity index (χ0v) is 13.3. The molecule has 5 nitrogen and oxygen atoms in total. The van der Waals surface area contributed by atoms with Crippen LogP contribution in [0.1, 0.15) is 13.8 Å². The van der Waals surface area contributed by atoms with Gasteiger partial charge in [-0.25, -0.2) is 8.78 Å². The molecule has 1 saturated heterocycles. The SMILES string of the molecule is CC(C)C(=O)N1CCN(CC(=O)Nc2ccc(F)cc2F)CC1. The van der Waals surface area contributed by atoms with Gasteiger partial charge in [0.1, 0.15) is 11.6 Å². The van der Waals surface area contributed by atoms with Crippen LogP contribution in [0.15, 0.2) is 18.2 Å². The maximum absolute atomic E-state index is 13.5. The third kappa shape index (κ3) is 4.72. The number of nitrogens with zero attached hydrogens (tertiary/aromatic N) is 2. The molecule has 2 amide bonds. The van der Waals surface area contributed by atoms with Gasteiger partial charge in [-0.2, -0.15) is 0 Å². The Hall–Kier alpha value is -2.02. The molecule has 1 aromatic rings. The summed E-state index contributed by atoms with van der Waals surface area (Å²) < 4.78 is 26.3. The molecule has 0 atom stereocenters. The number of anilines is 1. The van der Waals surface area contributed by atoms with Crippen LogP contribution < -0.4 is 5.32 Å². The monoisotopic (exact) mass is 325 g/mol. The van der Waals surface area contributed by atoms with Gasteiger partial charge in [-0.15, -0.1) is 0 Å². The predicted octanol–water partition coefficient (Wildman–Crippen LogP) is 1.70. The first kappa shape index (κ1) is 17.3. The lowest BCUT2D eigenvalue weighted by Crippen LogP contribution is -2.51. The quantitative estimate of drug-likeness (QED) is 0.917. The minimum absolute atomic E-state index is 0.0358. The van der Waals surface area contributed by atoms with Crippen LogP contribution in [0.25, 0.3) is 0 Å². The Kier molecular flexibility index (Phi) is 5.65. The highest BCUT2D eigenvalue weighted by atomic mass is 19.1. The molecule has 0 aromatic heterocycles. The molecule has 126 valence electrons. The first-order valence-corrected chi connectivity index (χ1v) is 7.63. The van der Waals surface area contributed by atoms with E-state index in [0.717, 1.165) is 12.1 Å². The zero-order chi connectivity index (χ0) is 17.0. The van der Waals surface area contributed by atoms with Gasteiger partial charge in [-0.05, 0) is 12.1 Å². The number of piperazine rings is 1. The van der Waals surface area contributed by atoms with Crippen molar-refractivity contribution in [2.45, 2.75) is 13.8 Å². The van der Waals surface area contributed by atoms with Gasteiger partial charge in [0, 0.05) is 38.2 Å². The summed E-state index contributed by atoms with van der Waals surface area (Å²) in [5.41, 5.74) is -0.0370. The lowest BCUT2D eigenvalue weighted by Gasteiger charge is -2.35. The summed E-state index contributed by atoms with van der Waals surface area (Å²) in [7, 11) is 0. The first-order valence-electron chi connectivity index (χ1n) is 7.63. The zero-order valence-electron chi connectivity index (χ0n) is 13.3. The molecule has 0 bridgehead atoms. The number of halogens is 2. The van der Waals surface area contributed by atoms with Crippen molar-refractivity contribution >= 4 is 17.5 Å². The molecule has 1 aliphatic rings. The average molecular weight is 325 g/mol. The van der Waals surface area contributed by atoms with E-state index in [0.29, 0.717) is 26.2 Å². The highest BCUT2D eigenvalue weighted by Crippen LogP contribution is 2.15. The molecule has 0 radical (unpaired) electrons. The van der Waals surface area contributed by atoms with Crippen LogP contribution in [0.5, 0.6) is 0 Å². The van der Waals surface area contributed by atoms with Crippen molar-refractivity contribution in [2.24, 2.45) is 5.92 Å². The Bertz CT molecular complexity index is 585. The normalized spacial score (nSPS) is 15.8. The summed E-state index contributed by atoms with van der Waals surface area (Å²) in [6, 6.07) is 3.02. The van der Waals surface area contributed by atoms with Crippen LogP contribution >= 0.6 is 0 Å². The highest BCUT2D eigenvalue weighted by Gasteiger charge is 2.24. The van der Waals surface area contributed by atoms with Crippen LogP contribution in [0.3, 0.4) is 0 Å². The second-order valence-corrected chi connectivity index (χ2v) is 5.93. The van der Waals surface area contributed by atoms with Crippen LogP contribution in [0, 0.1) is 17.6 Å². The maximum Gasteiger partial charge on any atom is 0.238 e. The lowest BCUT2D eigenvalue weighted by atomic mass is 10.1. The minimum Gasteiger partial charge on any atom is -0.340 e. The molecular weight excluding hydrogens is 304 g/mol. The summed E-state index contributed by atoms with van der Waals surface area (Å²) in [5.74, 6) is -1.77. The standard InChI is InChI=1S/C16H21F2N3O2/c1-11(2)16(23)21-7-5-20(6-8-21)10-15(22)19-14-4-3-12(17)9-13(14)18/h3-4,9,11H,5-8,10H2,1-2H3,(H,19,22). The van der Waals surface area contributed by atoms with Crippen molar-refractivity contribution in [3.8, 4) is 0 Å². The lowest BCUT2D eigenvalue weighted by molar-refractivity contribution is -0.136. The van der Waals surface area contributed by atoms with Gasteiger partial charge in [-0.3, -0.25) is 14.5 Å². The van der Waals surface area contributed by atoms with E-state index < -0.39 is 11.6 Å². The van der Waals surface area contributed by atoms with Crippen molar-refractivity contribution in [2.75, 3.05) is 38.0 Å². The molecule has 1 heterocycles. The third-order valence-corrected chi connectivity index (χ3v) is 3.75. The predicted molar refractivity (Wildman–Crippen MR) is 82.8 cm³/mol. The molecule has 7 heteroatoms. The Morgan fingerprint density at radius 3 is 2.39 bits per heavy atom. The number of rotatable bonds is 4. The summed E-state index contributed by atoms with van der Waals surface area (Å²) in [6.07, 6.45) is 0. The smallest absolute Gasteiger partial charge is 0.238 e. The second kappa shape index (κ2) is 7.50. The highest BCUT2D eigenvalue weighted by molar-refractivity contribution is 5.92. The minimum atomic E-state index is -0.800. The Labute approximate surface area is 134 Å². The average Bonchev–Trinajstić information content (AvgIpc) is 2.50. The van der Waals surface area contributed by atoms with E-state index in [1.54, 1.807) is 4.90 Å². The van der Waals surface area contributed by atoms with Crippen LogP contribution in [-0.4, -0.2) is 54.3 Å². The Balaban J connectivity index is 1.82. The molecule has 1 N–H and O–H groups in total. The number of carbonyl (C=O) groups excluding carboxylic acids is 2. The van der Waals surface area contributed by atoms with Crippen molar-refractivity contribution in [1.82, 2.24) is 9.80 Å². The van der Waals surface area contributed by atoms with Gasteiger partial charge in [0.2, 0.25) is 11.8 Å². The molecule has 0 aliphatic carbocycles. The van der Waals surface area contributed by atoms with Gasteiger partial charge in [-0.1, -0.05) is 13.8 Å². The molecule has 0 unspecified atom stereocenters. The van der Waals surface area contributed by atoms with Crippen LogP contribution in [0.4, 0.5) is 14.5 Å². The molecule has 0 saturated carbocycles. The van der Waals surface area contributed by atoms with E-state index in [-0.39, 0.29) is 30.0 Å². The van der Waals surface area contributed by atoms with E-state index in [4.69, 9.17) is 0 Å².